The topological polar surface area (TPSA) is 136 Å². The fourth-order valence-electron chi connectivity index (χ4n) is 3.68. The summed E-state index contributed by atoms with van der Waals surface area (Å²) < 4.78 is 31.5. The lowest BCUT2D eigenvalue weighted by Gasteiger charge is -2.19. The van der Waals surface area contributed by atoms with Crippen molar-refractivity contribution in [1.29, 1.82) is 0 Å². The molecule has 0 aliphatic carbocycles. The zero-order valence-electron chi connectivity index (χ0n) is 23.7. The summed E-state index contributed by atoms with van der Waals surface area (Å²) in [6, 6.07) is -0.755. The molecule has 1 aliphatic heterocycles. The van der Waals surface area contributed by atoms with Crippen molar-refractivity contribution in [1.82, 2.24) is 4.90 Å². The average Bonchev–Trinajstić information content (AvgIpc) is 3.08. The Morgan fingerprint density at radius 3 is 2.13 bits per heavy atom. The fourth-order valence-corrected chi connectivity index (χ4v) is 3.68. The highest BCUT2D eigenvalue weighted by molar-refractivity contribution is 5.90. The van der Waals surface area contributed by atoms with E-state index >= 15 is 0 Å². The zero-order chi connectivity index (χ0) is 28.2. The number of hydrogen-bond acceptors (Lipinski definition) is 11. The van der Waals surface area contributed by atoms with Crippen molar-refractivity contribution < 1.29 is 42.8 Å². The van der Waals surface area contributed by atoms with E-state index < -0.39 is 17.6 Å². The van der Waals surface area contributed by atoms with Crippen LogP contribution >= 0.6 is 0 Å². The van der Waals surface area contributed by atoms with Gasteiger partial charge in [0, 0.05) is 19.5 Å². The summed E-state index contributed by atoms with van der Waals surface area (Å²) >= 11 is 0. The third-order valence-electron chi connectivity index (χ3n) is 5.60. The molecule has 1 fully saturated rings. The molecule has 0 aromatic heterocycles. The Hall–Kier alpha value is -1.89. The van der Waals surface area contributed by atoms with Gasteiger partial charge in [-0.05, 0) is 59.1 Å². The van der Waals surface area contributed by atoms with Gasteiger partial charge in [-0.15, -0.1) is 0 Å². The van der Waals surface area contributed by atoms with E-state index in [1.54, 1.807) is 6.08 Å². The van der Waals surface area contributed by atoms with E-state index in [1.807, 2.05) is 20.8 Å². The van der Waals surface area contributed by atoms with Crippen LogP contribution in [-0.2, 0) is 42.8 Å². The Labute approximate surface area is 227 Å². The normalized spacial score (nSPS) is 16.7. The maximum Gasteiger partial charge on any atom is 0.332 e. The zero-order valence-corrected chi connectivity index (χ0v) is 23.7. The molecule has 220 valence electrons. The second kappa shape index (κ2) is 20.1. The fraction of sp³-hybridized carbons (Fsp3) is 0.815. The molecule has 0 unspecified atom stereocenters. The Morgan fingerprint density at radius 2 is 1.53 bits per heavy atom. The van der Waals surface area contributed by atoms with Gasteiger partial charge in [0.25, 0.3) is 0 Å². The van der Waals surface area contributed by atoms with Crippen LogP contribution in [0.5, 0.6) is 0 Å². The Balaban J connectivity index is 1.99. The number of nitrogens with zero attached hydrogens (tertiary/aromatic N) is 1. The van der Waals surface area contributed by atoms with Gasteiger partial charge in [-0.25, -0.2) is 4.79 Å². The Kier molecular flexibility index (Phi) is 18.0. The van der Waals surface area contributed by atoms with Gasteiger partial charge in [0.05, 0.1) is 53.4 Å². The van der Waals surface area contributed by atoms with Crippen LogP contribution in [0, 0.1) is 0 Å². The molecule has 11 nitrogen and oxygen atoms in total. The standard InChI is InChI=1S/C27H48N2O9/c1-27(2,3)38-25(31)21-37-19-18-36-17-16-35-15-14-34-13-12-29-10-5-6-22(9-11-29)20-23(30)7-8-24(28)26(32)33-4/h20,24H,5-19,21,28H2,1-4H3/b22-20-/t24-/m0/s1. The number of esters is 2. The molecular formula is C27H48N2O9. The summed E-state index contributed by atoms with van der Waals surface area (Å²) in [7, 11) is 1.29. The summed E-state index contributed by atoms with van der Waals surface area (Å²) in [6.45, 7) is 11.3. The lowest BCUT2D eigenvalue weighted by Crippen LogP contribution is -2.31. The smallest absolute Gasteiger partial charge is 0.332 e. The van der Waals surface area contributed by atoms with Gasteiger partial charge in [-0.3, -0.25) is 9.59 Å². The lowest BCUT2D eigenvalue weighted by atomic mass is 10.0. The maximum atomic E-state index is 12.2. The Morgan fingerprint density at radius 1 is 0.921 bits per heavy atom. The van der Waals surface area contributed by atoms with E-state index in [2.05, 4.69) is 9.64 Å². The molecule has 38 heavy (non-hydrogen) atoms. The van der Waals surface area contributed by atoms with Gasteiger partial charge in [0.15, 0.2) is 5.78 Å². The number of rotatable bonds is 19. The van der Waals surface area contributed by atoms with Crippen LogP contribution in [0.4, 0.5) is 0 Å². The molecule has 1 rings (SSSR count). The summed E-state index contributed by atoms with van der Waals surface area (Å²) in [4.78, 5) is 37.4. The maximum absolute atomic E-state index is 12.2. The van der Waals surface area contributed by atoms with Gasteiger partial charge >= 0.3 is 11.9 Å². The highest BCUT2D eigenvalue weighted by Gasteiger charge is 2.17. The van der Waals surface area contributed by atoms with Crippen LogP contribution in [0.1, 0.15) is 52.9 Å². The van der Waals surface area contributed by atoms with Crippen LogP contribution in [0.15, 0.2) is 11.6 Å². The predicted molar refractivity (Wildman–Crippen MR) is 142 cm³/mol. The number of likely N-dealkylation sites (tertiary alicyclic amines) is 1. The number of nitrogens with two attached hydrogens (primary N) is 1. The van der Waals surface area contributed by atoms with Gasteiger partial charge < -0.3 is 39.1 Å². The quantitative estimate of drug-likeness (QED) is 0.144. The van der Waals surface area contributed by atoms with E-state index in [9.17, 15) is 14.4 Å². The molecular weight excluding hydrogens is 496 g/mol. The number of allylic oxidation sites excluding steroid dienone is 1. The second-order valence-corrected chi connectivity index (χ2v) is 10.1. The van der Waals surface area contributed by atoms with E-state index in [1.165, 1.54) is 7.11 Å². The first kappa shape index (κ1) is 34.1. The monoisotopic (exact) mass is 544 g/mol. The van der Waals surface area contributed by atoms with Gasteiger partial charge in [0.1, 0.15) is 18.2 Å². The summed E-state index contributed by atoms with van der Waals surface area (Å²) in [5.41, 5.74) is 6.33. The molecule has 1 aliphatic rings. The molecule has 2 N–H and O–H groups in total. The molecule has 1 saturated heterocycles. The largest absolute Gasteiger partial charge is 0.468 e. The van der Waals surface area contributed by atoms with Crippen molar-refractivity contribution in [3.05, 3.63) is 11.6 Å². The molecule has 0 radical (unpaired) electrons. The van der Waals surface area contributed by atoms with E-state index in [0.717, 1.165) is 44.5 Å². The minimum absolute atomic E-state index is 0.00747. The number of methoxy groups -OCH3 is 1. The summed E-state index contributed by atoms with van der Waals surface area (Å²) in [5, 5.41) is 0. The van der Waals surface area contributed by atoms with Crippen LogP contribution in [-0.4, -0.2) is 114 Å². The molecule has 11 heteroatoms. The third-order valence-corrected chi connectivity index (χ3v) is 5.60. The summed E-state index contributed by atoms with van der Waals surface area (Å²) in [5.74, 6) is -0.872. The molecule has 1 heterocycles. The molecule has 0 aromatic carbocycles. The number of ketones is 1. The molecule has 0 amide bonds. The number of ether oxygens (including phenoxy) is 6. The minimum atomic E-state index is -0.755. The van der Waals surface area contributed by atoms with E-state index in [0.29, 0.717) is 52.7 Å². The summed E-state index contributed by atoms with van der Waals surface area (Å²) in [6.07, 6.45) is 5.01. The van der Waals surface area contributed by atoms with Gasteiger partial charge in [-0.1, -0.05) is 5.57 Å². The molecule has 0 aromatic rings. The first-order chi connectivity index (χ1) is 18.1. The van der Waals surface area contributed by atoms with Crippen molar-refractivity contribution in [2.75, 3.05) is 79.6 Å². The number of carbonyl (C=O) groups excluding carboxylic acids is 3. The van der Waals surface area contributed by atoms with Crippen molar-refractivity contribution >= 4 is 17.7 Å². The van der Waals surface area contributed by atoms with Crippen LogP contribution in [0.25, 0.3) is 0 Å². The van der Waals surface area contributed by atoms with Crippen LogP contribution in [0.3, 0.4) is 0 Å². The van der Waals surface area contributed by atoms with Crippen LogP contribution in [0.2, 0.25) is 0 Å². The van der Waals surface area contributed by atoms with Gasteiger partial charge in [0.2, 0.25) is 0 Å². The van der Waals surface area contributed by atoms with Crippen molar-refractivity contribution in [3.8, 4) is 0 Å². The lowest BCUT2D eigenvalue weighted by molar-refractivity contribution is -0.160. The first-order valence-electron chi connectivity index (χ1n) is 13.4. The number of carbonyl (C=O) groups is 3. The van der Waals surface area contributed by atoms with Gasteiger partial charge in [-0.2, -0.15) is 0 Å². The minimum Gasteiger partial charge on any atom is -0.468 e. The molecule has 0 saturated carbocycles. The van der Waals surface area contributed by atoms with Crippen molar-refractivity contribution in [2.45, 2.75) is 64.5 Å². The first-order valence-corrected chi connectivity index (χ1v) is 13.4. The highest BCUT2D eigenvalue weighted by atomic mass is 16.6. The van der Waals surface area contributed by atoms with Crippen molar-refractivity contribution in [3.63, 3.8) is 0 Å². The average molecular weight is 545 g/mol. The van der Waals surface area contributed by atoms with Crippen LogP contribution < -0.4 is 5.73 Å². The Bertz CT molecular complexity index is 722. The molecule has 0 bridgehead atoms. The van der Waals surface area contributed by atoms with E-state index in [4.69, 9.17) is 29.4 Å². The van der Waals surface area contributed by atoms with E-state index in [-0.39, 0.29) is 24.8 Å². The highest BCUT2D eigenvalue weighted by Crippen LogP contribution is 2.17. The van der Waals surface area contributed by atoms with Crippen molar-refractivity contribution in [2.24, 2.45) is 5.73 Å². The predicted octanol–water partition coefficient (Wildman–Crippen LogP) is 1.66. The number of hydrogen-bond donors (Lipinski definition) is 1. The molecule has 1 atom stereocenters. The second-order valence-electron chi connectivity index (χ2n) is 10.1. The third kappa shape index (κ3) is 18.4. The molecule has 0 spiro atoms. The SMILES string of the molecule is COC(=O)[C@@H](N)CCC(=O)/C=C1/CCCN(CCOCCOCCOCCOCC(=O)OC(C)(C)C)CC1.